The summed E-state index contributed by atoms with van der Waals surface area (Å²) < 4.78 is 5.69. The second-order valence-electron chi connectivity index (χ2n) is 9.79. The lowest BCUT2D eigenvalue weighted by Crippen LogP contribution is -2.21. The maximum absolute atomic E-state index is 5.69. The first kappa shape index (κ1) is 25.4. The standard InChI is InChI=1S/C30H37N3OS2/c1-4-8-23-20-35-30(31-23)32-25(9-5-2)24(18-21-14-16-34-17-15-21)22-12-13-29-27(19-22)33(3)26-10-6-7-11-28(26)36-29/h6-7,9-13,19-21,24H,4-5,8,14-18H2,1-3H3,(H,31,32). The van der Waals surface area contributed by atoms with Crippen molar-refractivity contribution in [3.8, 4) is 0 Å². The number of aryl methyl sites for hydroxylation is 1. The van der Waals surface area contributed by atoms with E-state index in [1.165, 1.54) is 38.1 Å². The highest BCUT2D eigenvalue weighted by Crippen LogP contribution is 2.49. The zero-order valence-electron chi connectivity index (χ0n) is 21.6. The number of fused-ring (bicyclic) bond motifs is 2. The van der Waals surface area contributed by atoms with Crippen molar-refractivity contribution in [2.75, 3.05) is 30.5 Å². The van der Waals surface area contributed by atoms with E-state index < -0.39 is 0 Å². The minimum Gasteiger partial charge on any atom is -0.381 e. The minimum atomic E-state index is 0.299. The van der Waals surface area contributed by atoms with Gasteiger partial charge in [-0.2, -0.15) is 0 Å². The lowest BCUT2D eigenvalue weighted by atomic mass is 9.82. The highest BCUT2D eigenvalue weighted by atomic mass is 32.2. The summed E-state index contributed by atoms with van der Waals surface area (Å²) >= 11 is 3.60. The van der Waals surface area contributed by atoms with Crippen LogP contribution < -0.4 is 10.2 Å². The van der Waals surface area contributed by atoms with Gasteiger partial charge in [0.15, 0.2) is 5.13 Å². The number of hydrogen-bond donors (Lipinski definition) is 1. The Morgan fingerprint density at radius 2 is 1.94 bits per heavy atom. The third kappa shape index (κ3) is 5.66. The molecule has 0 amide bonds. The number of benzene rings is 2. The summed E-state index contributed by atoms with van der Waals surface area (Å²) in [5, 5.41) is 6.98. The molecule has 0 aliphatic carbocycles. The van der Waals surface area contributed by atoms with Gasteiger partial charge in [-0.3, -0.25) is 0 Å². The Bertz CT molecular complexity index is 1200. The molecular formula is C30H37N3OS2. The van der Waals surface area contributed by atoms with Crippen molar-refractivity contribution in [2.24, 2.45) is 5.92 Å². The number of para-hydroxylation sites is 1. The molecule has 0 bridgehead atoms. The van der Waals surface area contributed by atoms with E-state index in [1.807, 2.05) is 11.8 Å². The van der Waals surface area contributed by atoms with Gasteiger partial charge in [-0.1, -0.05) is 56.3 Å². The van der Waals surface area contributed by atoms with Crippen LogP contribution in [0, 0.1) is 5.92 Å². The van der Waals surface area contributed by atoms with Crippen molar-refractivity contribution < 1.29 is 4.74 Å². The predicted molar refractivity (Wildman–Crippen MR) is 154 cm³/mol. The average molecular weight is 520 g/mol. The highest BCUT2D eigenvalue weighted by molar-refractivity contribution is 7.99. The summed E-state index contributed by atoms with van der Waals surface area (Å²) in [6.07, 6.45) is 8.93. The van der Waals surface area contributed by atoms with Crippen LogP contribution in [0.25, 0.3) is 0 Å². The molecule has 6 heteroatoms. The fourth-order valence-electron chi connectivity index (χ4n) is 5.29. The van der Waals surface area contributed by atoms with Gasteiger partial charge in [-0.25, -0.2) is 4.98 Å². The molecule has 190 valence electrons. The summed E-state index contributed by atoms with van der Waals surface area (Å²) in [6, 6.07) is 15.8. The molecule has 0 spiro atoms. The smallest absolute Gasteiger partial charge is 0.187 e. The Kier molecular flexibility index (Phi) is 8.35. The van der Waals surface area contributed by atoms with Crippen LogP contribution >= 0.6 is 23.1 Å². The van der Waals surface area contributed by atoms with E-state index >= 15 is 0 Å². The Morgan fingerprint density at radius 3 is 2.75 bits per heavy atom. The van der Waals surface area contributed by atoms with E-state index in [4.69, 9.17) is 9.72 Å². The van der Waals surface area contributed by atoms with Crippen LogP contribution in [0.15, 0.2) is 69.4 Å². The summed E-state index contributed by atoms with van der Waals surface area (Å²) in [5.74, 6) is 0.967. The molecule has 2 aliphatic heterocycles. The van der Waals surface area contributed by atoms with E-state index in [9.17, 15) is 0 Å². The van der Waals surface area contributed by atoms with Crippen LogP contribution in [0.2, 0.25) is 0 Å². The Labute approximate surface area is 224 Å². The van der Waals surface area contributed by atoms with Gasteiger partial charge in [0.2, 0.25) is 0 Å². The number of nitrogens with one attached hydrogen (secondary N) is 1. The quantitative estimate of drug-likeness (QED) is 0.306. The maximum Gasteiger partial charge on any atom is 0.187 e. The zero-order valence-corrected chi connectivity index (χ0v) is 23.3. The molecule has 1 fully saturated rings. The van der Waals surface area contributed by atoms with Crippen molar-refractivity contribution in [3.63, 3.8) is 0 Å². The van der Waals surface area contributed by atoms with Gasteiger partial charge in [0.25, 0.3) is 0 Å². The number of ether oxygens (including phenoxy) is 1. The van der Waals surface area contributed by atoms with E-state index in [-0.39, 0.29) is 0 Å². The molecule has 4 nitrogen and oxygen atoms in total. The third-order valence-corrected chi connectivity index (χ3v) is 9.15. The van der Waals surface area contributed by atoms with Gasteiger partial charge in [-0.15, -0.1) is 11.3 Å². The Morgan fingerprint density at radius 1 is 1.14 bits per heavy atom. The van der Waals surface area contributed by atoms with E-state index in [2.05, 4.69) is 85.0 Å². The molecule has 0 radical (unpaired) electrons. The normalized spacial score (nSPS) is 17.0. The lowest BCUT2D eigenvalue weighted by Gasteiger charge is -2.32. The summed E-state index contributed by atoms with van der Waals surface area (Å²) in [7, 11) is 2.19. The molecule has 1 unspecified atom stereocenters. The minimum absolute atomic E-state index is 0.299. The summed E-state index contributed by atoms with van der Waals surface area (Å²) in [5.41, 5.74) is 6.43. The van der Waals surface area contributed by atoms with Crippen LogP contribution in [0.5, 0.6) is 0 Å². The van der Waals surface area contributed by atoms with Crippen molar-refractivity contribution in [2.45, 2.75) is 68.1 Å². The maximum atomic E-state index is 5.69. The topological polar surface area (TPSA) is 37.4 Å². The first-order chi connectivity index (χ1) is 17.7. The average Bonchev–Trinajstić information content (AvgIpc) is 3.35. The first-order valence-electron chi connectivity index (χ1n) is 13.3. The molecule has 1 N–H and O–H groups in total. The Balaban J connectivity index is 1.48. The molecule has 5 rings (SSSR count). The molecule has 36 heavy (non-hydrogen) atoms. The fourth-order valence-corrected chi connectivity index (χ4v) is 7.18. The SMILES string of the molecule is CCC=C(Nc1nc(CCC)cs1)C(CC1CCOCC1)c1ccc2c(c1)N(C)c1ccccc1S2. The second kappa shape index (κ2) is 11.8. The number of anilines is 3. The van der Waals surface area contributed by atoms with Crippen LogP contribution in [0.1, 0.15) is 63.1 Å². The van der Waals surface area contributed by atoms with E-state index in [0.29, 0.717) is 11.8 Å². The molecule has 0 saturated carbocycles. The van der Waals surface area contributed by atoms with Gasteiger partial charge in [0.1, 0.15) is 0 Å². The summed E-state index contributed by atoms with van der Waals surface area (Å²) in [4.78, 5) is 9.88. The van der Waals surface area contributed by atoms with Gasteiger partial charge >= 0.3 is 0 Å². The highest BCUT2D eigenvalue weighted by Gasteiger charge is 2.27. The number of allylic oxidation sites excluding steroid dienone is 2. The number of rotatable bonds is 9. The fraction of sp³-hybridized carbons (Fsp3) is 0.433. The largest absolute Gasteiger partial charge is 0.381 e. The lowest BCUT2D eigenvalue weighted by molar-refractivity contribution is 0.0626. The number of hydrogen-bond acceptors (Lipinski definition) is 6. The van der Waals surface area contributed by atoms with Crippen molar-refractivity contribution >= 4 is 39.6 Å². The predicted octanol–water partition coefficient (Wildman–Crippen LogP) is 8.63. The van der Waals surface area contributed by atoms with Crippen molar-refractivity contribution in [1.82, 2.24) is 4.98 Å². The van der Waals surface area contributed by atoms with Crippen LogP contribution in [0.4, 0.5) is 16.5 Å². The van der Waals surface area contributed by atoms with Gasteiger partial charge < -0.3 is 15.0 Å². The van der Waals surface area contributed by atoms with Gasteiger partial charge in [-0.05, 0) is 67.9 Å². The van der Waals surface area contributed by atoms with Crippen LogP contribution in [0.3, 0.4) is 0 Å². The van der Waals surface area contributed by atoms with Crippen molar-refractivity contribution in [1.29, 1.82) is 0 Å². The Hall–Kier alpha value is -2.28. The zero-order chi connectivity index (χ0) is 24.9. The molecule has 1 aromatic heterocycles. The van der Waals surface area contributed by atoms with Crippen LogP contribution in [-0.2, 0) is 11.2 Å². The second-order valence-corrected chi connectivity index (χ2v) is 11.7. The molecule has 1 atom stereocenters. The van der Waals surface area contributed by atoms with Crippen LogP contribution in [-0.4, -0.2) is 25.2 Å². The molecule has 2 aliphatic rings. The van der Waals surface area contributed by atoms with E-state index in [1.54, 1.807) is 11.3 Å². The molecule has 2 aromatic carbocycles. The molecule has 3 heterocycles. The number of aromatic nitrogens is 1. The van der Waals surface area contributed by atoms with E-state index in [0.717, 1.165) is 56.9 Å². The molecular weight excluding hydrogens is 482 g/mol. The monoisotopic (exact) mass is 519 g/mol. The summed E-state index contributed by atoms with van der Waals surface area (Å²) in [6.45, 7) is 6.20. The van der Waals surface area contributed by atoms with Gasteiger partial charge in [0.05, 0.1) is 17.1 Å². The van der Waals surface area contributed by atoms with Gasteiger partial charge in [0, 0.05) is 47.0 Å². The molecule has 3 aromatic rings. The number of nitrogens with zero attached hydrogens (tertiary/aromatic N) is 2. The number of thiazole rings is 1. The van der Waals surface area contributed by atoms with Crippen molar-refractivity contribution in [3.05, 3.63) is 70.9 Å². The first-order valence-corrected chi connectivity index (χ1v) is 15.0. The molecule has 1 saturated heterocycles. The third-order valence-electron chi connectivity index (χ3n) is 7.21.